The van der Waals surface area contributed by atoms with Gasteiger partial charge in [0.1, 0.15) is 0 Å². The van der Waals surface area contributed by atoms with E-state index < -0.39 is 5.79 Å². The Balaban J connectivity index is 2.65. The van der Waals surface area contributed by atoms with E-state index >= 15 is 0 Å². The second kappa shape index (κ2) is 2.66. The fraction of sp³-hybridized carbons (Fsp3) is 0.625. The first-order valence-electron chi connectivity index (χ1n) is 3.53. The van der Waals surface area contributed by atoms with Crippen molar-refractivity contribution in [2.75, 3.05) is 6.61 Å². The van der Waals surface area contributed by atoms with Crippen molar-refractivity contribution in [1.82, 2.24) is 0 Å². The molecule has 0 atom stereocenters. The third-order valence-corrected chi connectivity index (χ3v) is 1.51. The average molecular weight is 156 g/mol. The van der Waals surface area contributed by atoms with E-state index in [-0.39, 0.29) is 5.78 Å². The Labute approximate surface area is 66.0 Å². The summed E-state index contributed by atoms with van der Waals surface area (Å²) in [4.78, 5) is 10.8. The molecule has 0 amide bonds. The van der Waals surface area contributed by atoms with E-state index in [1.807, 2.05) is 0 Å². The number of carbonyl (C=O) groups excluding carboxylic acids is 1. The smallest absolute Gasteiger partial charge is 0.204 e. The van der Waals surface area contributed by atoms with Gasteiger partial charge in [-0.25, -0.2) is 0 Å². The van der Waals surface area contributed by atoms with Gasteiger partial charge in [0, 0.05) is 13.8 Å². The molecular formula is C8H12O3. The quantitative estimate of drug-likeness (QED) is 0.573. The number of rotatable bonds is 1. The zero-order valence-corrected chi connectivity index (χ0v) is 7.01. The van der Waals surface area contributed by atoms with Crippen LogP contribution in [0.2, 0.25) is 0 Å². The summed E-state index contributed by atoms with van der Waals surface area (Å²) >= 11 is 0. The van der Waals surface area contributed by atoms with Crippen LogP contribution in [0, 0.1) is 0 Å². The maximum absolute atomic E-state index is 10.8. The molecule has 0 bridgehead atoms. The van der Waals surface area contributed by atoms with Gasteiger partial charge in [-0.1, -0.05) is 0 Å². The third kappa shape index (κ3) is 2.05. The van der Waals surface area contributed by atoms with E-state index in [9.17, 15) is 4.79 Å². The molecule has 1 heterocycles. The minimum absolute atomic E-state index is 0.000463. The van der Waals surface area contributed by atoms with Crippen molar-refractivity contribution < 1.29 is 14.3 Å². The van der Waals surface area contributed by atoms with E-state index in [2.05, 4.69) is 0 Å². The lowest BCUT2D eigenvalue weighted by molar-refractivity contribution is -0.189. The van der Waals surface area contributed by atoms with Gasteiger partial charge in [-0.05, 0) is 6.92 Å². The molecule has 1 rings (SSSR count). The second-order valence-corrected chi connectivity index (χ2v) is 3.01. The third-order valence-electron chi connectivity index (χ3n) is 1.51. The number of Topliss-reactive ketones (excluding diaryl/α,β-unsaturated/α-hetero) is 1. The highest BCUT2D eigenvalue weighted by Crippen LogP contribution is 2.19. The van der Waals surface area contributed by atoms with Crippen molar-refractivity contribution >= 4 is 5.78 Å². The molecule has 0 saturated carbocycles. The van der Waals surface area contributed by atoms with Gasteiger partial charge in [-0.15, -0.1) is 0 Å². The van der Waals surface area contributed by atoms with E-state index in [0.717, 1.165) is 0 Å². The predicted molar refractivity (Wildman–Crippen MR) is 39.9 cm³/mol. The molecule has 0 unspecified atom stereocenters. The van der Waals surface area contributed by atoms with Crippen LogP contribution in [0.15, 0.2) is 11.8 Å². The van der Waals surface area contributed by atoms with E-state index in [1.54, 1.807) is 13.8 Å². The average Bonchev–Trinajstić information content (AvgIpc) is 1.86. The highest BCUT2D eigenvalue weighted by molar-refractivity contribution is 5.93. The molecular weight excluding hydrogens is 144 g/mol. The Hall–Kier alpha value is -0.830. The number of hydrogen-bond acceptors (Lipinski definition) is 3. The van der Waals surface area contributed by atoms with Crippen molar-refractivity contribution in [3.8, 4) is 0 Å². The maximum atomic E-state index is 10.8. The number of ether oxygens (including phenoxy) is 2. The van der Waals surface area contributed by atoms with Crippen LogP contribution < -0.4 is 0 Å². The molecule has 0 saturated heterocycles. The summed E-state index contributed by atoms with van der Waals surface area (Å²) in [5.41, 5.74) is 0.587. The zero-order valence-electron chi connectivity index (χ0n) is 7.01. The van der Waals surface area contributed by atoms with E-state index in [0.29, 0.717) is 12.2 Å². The molecule has 0 aliphatic carbocycles. The van der Waals surface area contributed by atoms with Gasteiger partial charge in [0.05, 0.1) is 18.4 Å². The minimum atomic E-state index is -0.584. The van der Waals surface area contributed by atoms with Crippen molar-refractivity contribution in [3.63, 3.8) is 0 Å². The molecule has 0 aromatic heterocycles. The van der Waals surface area contributed by atoms with Gasteiger partial charge >= 0.3 is 0 Å². The predicted octanol–water partition coefficient (Wildman–Crippen LogP) is 1.24. The van der Waals surface area contributed by atoms with Crippen LogP contribution in [-0.2, 0) is 14.3 Å². The zero-order chi connectivity index (χ0) is 8.48. The van der Waals surface area contributed by atoms with Crippen molar-refractivity contribution in [2.45, 2.75) is 26.6 Å². The van der Waals surface area contributed by atoms with Gasteiger partial charge in [0.15, 0.2) is 5.78 Å². The normalized spacial score (nSPS) is 21.9. The van der Waals surface area contributed by atoms with Crippen LogP contribution in [0.4, 0.5) is 0 Å². The molecule has 0 N–H and O–H groups in total. The molecule has 1 aliphatic heterocycles. The van der Waals surface area contributed by atoms with E-state index in [4.69, 9.17) is 9.47 Å². The van der Waals surface area contributed by atoms with Gasteiger partial charge < -0.3 is 9.47 Å². The summed E-state index contributed by atoms with van der Waals surface area (Å²) in [6, 6.07) is 0. The largest absolute Gasteiger partial charge is 0.470 e. The SMILES string of the molecule is CC(=O)C1=COC(C)(C)OC1. The lowest BCUT2D eigenvalue weighted by atomic mass is 10.2. The highest BCUT2D eigenvalue weighted by atomic mass is 16.7. The van der Waals surface area contributed by atoms with Gasteiger partial charge in [-0.2, -0.15) is 0 Å². The molecule has 3 heteroatoms. The van der Waals surface area contributed by atoms with Gasteiger partial charge in [0.25, 0.3) is 0 Å². The van der Waals surface area contributed by atoms with Crippen LogP contribution in [0.25, 0.3) is 0 Å². The molecule has 0 aromatic rings. The first-order chi connectivity index (χ1) is 5.01. The monoisotopic (exact) mass is 156 g/mol. The summed E-state index contributed by atoms with van der Waals surface area (Å²) in [7, 11) is 0. The standard InChI is InChI=1S/C8H12O3/c1-6(9)7-4-10-8(2,3)11-5-7/h4H,5H2,1-3H3. The van der Waals surface area contributed by atoms with E-state index in [1.165, 1.54) is 13.2 Å². The fourth-order valence-corrected chi connectivity index (χ4v) is 0.717. The van der Waals surface area contributed by atoms with Crippen LogP contribution in [0.5, 0.6) is 0 Å². The topological polar surface area (TPSA) is 35.5 Å². The van der Waals surface area contributed by atoms with Crippen LogP contribution in [0.3, 0.4) is 0 Å². The first-order valence-corrected chi connectivity index (χ1v) is 3.53. The molecule has 3 nitrogen and oxygen atoms in total. The summed E-state index contributed by atoms with van der Waals surface area (Å²) in [5, 5.41) is 0. The Morgan fingerprint density at radius 3 is 2.64 bits per heavy atom. The maximum Gasteiger partial charge on any atom is 0.204 e. The lowest BCUT2D eigenvalue weighted by Crippen LogP contribution is -2.32. The summed E-state index contributed by atoms with van der Waals surface area (Å²) in [6.07, 6.45) is 1.48. The van der Waals surface area contributed by atoms with Gasteiger partial charge in [-0.3, -0.25) is 4.79 Å². The fourth-order valence-electron chi connectivity index (χ4n) is 0.717. The number of hydrogen-bond donors (Lipinski definition) is 0. The molecule has 1 aliphatic rings. The molecule has 0 fully saturated rings. The van der Waals surface area contributed by atoms with Crippen molar-refractivity contribution in [1.29, 1.82) is 0 Å². The Morgan fingerprint density at radius 1 is 1.64 bits per heavy atom. The number of carbonyl (C=O) groups is 1. The molecule has 62 valence electrons. The summed E-state index contributed by atoms with van der Waals surface area (Å²) in [5.74, 6) is -0.584. The first kappa shape index (κ1) is 8.27. The second-order valence-electron chi connectivity index (χ2n) is 3.01. The minimum Gasteiger partial charge on any atom is -0.470 e. The lowest BCUT2D eigenvalue weighted by Gasteiger charge is -2.29. The molecule has 11 heavy (non-hydrogen) atoms. The molecule has 0 aromatic carbocycles. The summed E-state index contributed by atoms with van der Waals surface area (Å²) < 4.78 is 10.4. The van der Waals surface area contributed by atoms with Crippen molar-refractivity contribution in [2.24, 2.45) is 0 Å². The summed E-state index contributed by atoms with van der Waals surface area (Å²) in [6.45, 7) is 5.46. The van der Waals surface area contributed by atoms with Crippen LogP contribution in [0.1, 0.15) is 20.8 Å². The van der Waals surface area contributed by atoms with Crippen LogP contribution in [-0.4, -0.2) is 18.2 Å². The number of ketones is 1. The molecule has 0 radical (unpaired) electrons. The highest BCUT2D eigenvalue weighted by Gasteiger charge is 2.24. The molecule has 0 spiro atoms. The van der Waals surface area contributed by atoms with Gasteiger partial charge in [0.2, 0.25) is 5.79 Å². The Kier molecular flexibility index (Phi) is 2.00. The van der Waals surface area contributed by atoms with Crippen LogP contribution >= 0.6 is 0 Å². The van der Waals surface area contributed by atoms with Crippen molar-refractivity contribution in [3.05, 3.63) is 11.8 Å². The Morgan fingerprint density at radius 2 is 2.27 bits per heavy atom. The Bertz CT molecular complexity index is 203.